The number of nitrogens with zero attached hydrogens (tertiary/aromatic N) is 2. The lowest BCUT2D eigenvalue weighted by Crippen LogP contribution is -2.23. The van der Waals surface area contributed by atoms with E-state index in [9.17, 15) is 8.78 Å². The summed E-state index contributed by atoms with van der Waals surface area (Å²) in [6.45, 7) is 4.30. The maximum Gasteiger partial charge on any atom is 0.280 e. The second-order valence-electron chi connectivity index (χ2n) is 3.97. The first-order chi connectivity index (χ1) is 8.04. The third-order valence-electron chi connectivity index (χ3n) is 2.13. The Balaban J connectivity index is 2.88. The van der Waals surface area contributed by atoms with E-state index in [1.54, 1.807) is 0 Å². The highest BCUT2D eigenvalue weighted by molar-refractivity contribution is 7.97. The lowest BCUT2D eigenvalue weighted by Gasteiger charge is -2.12. The summed E-state index contributed by atoms with van der Waals surface area (Å²) < 4.78 is 25.7. The van der Waals surface area contributed by atoms with Crippen molar-refractivity contribution in [1.82, 2.24) is 15.3 Å². The smallest absolute Gasteiger partial charge is 0.280 e. The molecule has 1 heterocycles. The molecule has 0 aliphatic heterocycles. The molecule has 1 N–H and O–H groups in total. The van der Waals surface area contributed by atoms with Gasteiger partial charge in [0.05, 0.1) is 5.75 Å². The number of hydrogen-bond acceptors (Lipinski definition) is 4. The number of alkyl halides is 2. The van der Waals surface area contributed by atoms with Gasteiger partial charge in [0.25, 0.3) is 6.43 Å². The molecule has 0 aliphatic carbocycles. The molecule has 0 fully saturated rings. The van der Waals surface area contributed by atoms with Crippen molar-refractivity contribution in [2.24, 2.45) is 0 Å². The van der Waals surface area contributed by atoms with Crippen LogP contribution in [0.4, 0.5) is 8.78 Å². The monoisotopic (exact) mass is 261 g/mol. The van der Waals surface area contributed by atoms with Crippen molar-refractivity contribution >= 4 is 11.8 Å². The molecule has 0 saturated heterocycles. The van der Waals surface area contributed by atoms with E-state index in [2.05, 4.69) is 15.3 Å². The fraction of sp³-hybridized carbons (Fsp3) is 0.636. The maximum absolute atomic E-state index is 12.8. The number of halogens is 2. The zero-order chi connectivity index (χ0) is 12.8. The quantitative estimate of drug-likeness (QED) is 0.854. The second-order valence-corrected chi connectivity index (χ2v) is 4.83. The Kier molecular flexibility index (Phi) is 5.77. The minimum atomic E-state index is -2.55. The van der Waals surface area contributed by atoms with E-state index in [0.717, 1.165) is 0 Å². The van der Waals surface area contributed by atoms with Crippen molar-refractivity contribution in [1.29, 1.82) is 0 Å². The van der Waals surface area contributed by atoms with Crippen LogP contribution in [0.2, 0.25) is 0 Å². The Morgan fingerprint density at radius 1 is 1.41 bits per heavy atom. The van der Waals surface area contributed by atoms with Gasteiger partial charge in [-0.05, 0) is 6.26 Å². The summed E-state index contributed by atoms with van der Waals surface area (Å²) in [5.74, 6) is 1.01. The lowest BCUT2D eigenvalue weighted by molar-refractivity contribution is 0.144. The molecule has 0 atom stereocenters. The SMILES string of the molecule is CSCc1ncc(CNC(C)C)c(C(F)F)n1. The normalized spacial score (nSPS) is 11.5. The molecule has 0 radical (unpaired) electrons. The van der Waals surface area contributed by atoms with Gasteiger partial charge in [-0.1, -0.05) is 13.8 Å². The van der Waals surface area contributed by atoms with Gasteiger partial charge >= 0.3 is 0 Å². The van der Waals surface area contributed by atoms with E-state index in [-0.39, 0.29) is 11.7 Å². The van der Waals surface area contributed by atoms with Gasteiger partial charge in [0, 0.05) is 24.3 Å². The highest BCUT2D eigenvalue weighted by Gasteiger charge is 2.16. The third kappa shape index (κ3) is 4.55. The second kappa shape index (κ2) is 6.86. The summed E-state index contributed by atoms with van der Waals surface area (Å²) >= 11 is 1.51. The first kappa shape index (κ1) is 14.3. The van der Waals surface area contributed by atoms with Crippen LogP contribution in [0.25, 0.3) is 0 Å². The molecule has 0 saturated carbocycles. The van der Waals surface area contributed by atoms with Crippen LogP contribution < -0.4 is 5.32 Å². The van der Waals surface area contributed by atoms with Crippen molar-refractivity contribution in [3.8, 4) is 0 Å². The number of hydrogen-bond donors (Lipinski definition) is 1. The Morgan fingerprint density at radius 3 is 2.65 bits per heavy atom. The van der Waals surface area contributed by atoms with Crippen molar-refractivity contribution in [2.45, 2.75) is 38.6 Å². The topological polar surface area (TPSA) is 37.8 Å². The fourth-order valence-corrected chi connectivity index (χ4v) is 1.69. The van der Waals surface area contributed by atoms with Gasteiger partial charge in [-0.2, -0.15) is 11.8 Å². The van der Waals surface area contributed by atoms with Gasteiger partial charge in [0.15, 0.2) is 0 Å². The van der Waals surface area contributed by atoms with E-state index in [4.69, 9.17) is 0 Å². The van der Waals surface area contributed by atoms with Gasteiger partial charge in [-0.25, -0.2) is 18.7 Å². The average Bonchev–Trinajstić information content (AvgIpc) is 2.27. The van der Waals surface area contributed by atoms with Crippen molar-refractivity contribution in [3.63, 3.8) is 0 Å². The van der Waals surface area contributed by atoms with E-state index in [1.807, 2.05) is 20.1 Å². The van der Waals surface area contributed by atoms with Crippen LogP contribution in [0.3, 0.4) is 0 Å². The molecule has 0 aliphatic rings. The largest absolute Gasteiger partial charge is 0.310 e. The van der Waals surface area contributed by atoms with Crippen LogP contribution in [0, 0.1) is 0 Å². The fourth-order valence-electron chi connectivity index (χ4n) is 1.30. The van der Waals surface area contributed by atoms with E-state index in [0.29, 0.717) is 23.7 Å². The van der Waals surface area contributed by atoms with Crippen LogP contribution in [0.15, 0.2) is 6.20 Å². The summed E-state index contributed by atoms with van der Waals surface area (Å²) in [7, 11) is 0. The third-order valence-corrected chi connectivity index (χ3v) is 2.68. The molecule has 96 valence electrons. The van der Waals surface area contributed by atoms with Gasteiger partial charge in [0.1, 0.15) is 11.5 Å². The molecule has 6 heteroatoms. The number of aromatic nitrogens is 2. The molecular weight excluding hydrogens is 244 g/mol. The Labute approximate surface area is 104 Å². The molecule has 1 rings (SSSR count). The van der Waals surface area contributed by atoms with Crippen molar-refractivity contribution < 1.29 is 8.78 Å². The van der Waals surface area contributed by atoms with Crippen LogP contribution in [-0.4, -0.2) is 22.3 Å². The molecule has 0 aromatic carbocycles. The van der Waals surface area contributed by atoms with Crippen LogP contribution in [0.5, 0.6) is 0 Å². The van der Waals surface area contributed by atoms with Gasteiger partial charge in [-0.15, -0.1) is 0 Å². The zero-order valence-electron chi connectivity index (χ0n) is 10.2. The predicted molar refractivity (Wildman–Crippen MR) is 66.2 cm³/mol. The van der Waals surface area contributed by atoms with Crippen molar-refractivity contribution in [2.75, 3.05) is 6.26 Å². The summed E-state index contributed by atoms with van der Waals surface area (Å²) in [4.78, 5) is 8.00. The molecule has 1 aromatic heterocycles. The van der Waals surface area contributed by atoms with E-state index < -0.39 is 6.43 Å². The number of thioether (sulfide) groups is 1. The standard InChI is InChI=1S/C11H17F2N3S/c1-7(2)14-4-8-5-15-9(6-17-3)16-10(8)11(12)13/h5,7,11,14H,4,6H2,1-3H3. The van der Waals surface area contributed by atoms with Crippen LogP contribution >= 0.6 is 11.8 Å². The maximum atomic E-state index is 12.8. The minimum Gasteiger partial charge on any atom is -0.310 e. The summed E-state index contributed by atoms with van der Waals surface area (Å²) in [6.07, 6.45) is 0.831. The molecule has 0 amide bonds. The molecule has 0 unspecified atom stereocenters. The predicted octanol–water partition coefficient (Wildman–Crippen LogP) is 2.78. The first-order valence-electron chi connectivity index (χ1n) is 5.39. The van der Waals surface area contributed by atoms with Gasteiger partial charge in [-0.3, -0.25) is 0 Å². The highest BCUT2D eigenvalue weighted by atomic mass is 32.2. The molecule has 17 heavy (non-hydrogen) atoms. The Bertz CT molecular complexity index is 359. The Hall–Kier alpha value is -0.750. The molecule has 3 nitrogen and oxygen atoms in total. The molecule has 1 aromatic rings. The van der Waals surface area contributed by atoms with Crippen molar-refractivity contribution in [3.05, 3.63) is 23.3 Å². The number of nitrogens with one attached hydrogen (secondary N) is 1. The van der Waals surface area contributed by atoms with Gasteiger partial charge in [0.2, 0.25) is 0 Å². The average molecular weight is 261 g/mol. The molecule has 0 bridgehead atoms. The molecular formula is C11H17F2N3S. The molecule has 0 spiro atoms. The zero-order valence-corrected chi connectivity index (χ0v) is 11.0. The first-order valence-corrected chi connectivity index (χ1v) is 6.79. The summed E-state index contributed by atoms with van der Waals surface area (Å²) in [5, 5.41) is 3.09. The summed E-state index contributed by atoms with van der Waals surface area (Å²) in [6, 6.07) is 0.242. The van der Waals surface area contributed by atoms with Crippen LogP contribution in [-0.2, 0) is 12.3 Å². The minimum absolute atomic E-state index is 0.155. The van der Waals surface area contributed by atoms with E-state index >= 15 is 0 Å². The summed E-state index contributed by atoms with van der Waals surface area (Å²) in [5.41, 5.74) is 0.316. The Morgan fingerprint density at radius 2 is 2.12 bits per heavy atom. The highest BCUT2D eigenvalue weighted by Crippen LogP contribution is 2.21. The van der Waals surface area contributed by atoms with Gasteiger partial charge < -0.3 is 5.32 Å². The lowest BCUT2D eigenvalue weighted by atomic mass is 10.2. The number of rotatable bonds is 6. The van der Waals surface area contributed by atoms with E-state index in [1.165, 1.54) is 18.0 Å². The van der Waals surface area contributed by atoms with Crippen LogP contribution in [0.1, 0.15) is 37.4 Å².